The monoisotopic (exact) mass is 288 g/mol. The Morgan fingerprint density at radius 2 is 2.11 bits per heavy atom. The predicted octanol–water partition coefficient (Wildman–Crippen LogP) is 2.97. The Hall–Kier alpha value is -0.480. The highest BCUT2D eigenvalue weighted by atomic mass is 35.5. The quantitative estimate of drug-likeness (QED) is 0.783. The fourth-order valence-electron chi connectivity index (χ4n) is 2.38. The van der Waals surface area contributed by atoms with E-state index in [1.807, 2.05) is 12.1 Å². The van der Waals surface area contributed by atoms with Gasteiger partial charge in [-0.15, -0.1) is 11.6 Å². The molecule has 2 unspecified atom stereocenters. The highest BCUT2D eigenvalue weighted by Crippen LogP contribution is 2.41. The molecule has 2 heterocycles. The second-order valence-electron chi connectivity index (χ2n) is 4.47. The summed E-state index contributed by atoms with van der Waals surface area (Å²) in [6.07, 6.45) is 0.737. The molecule has 0 amide bonds. The van der Waals surface area contributed by atoms with E-state index in [1.165, 1.54) is 0 Å². The third-order valence-electron chi connectivity index (χ3n) is 3.24. The number of hydrogen-bond donors (Lipinski definition) is 0. The summed E-state index contributed by atoms with van der Waals surface area (Å²) < 4.78 is 16.7. The van der Waals surface area contributed by atoms with Crippen molar-refractivity contribution in [3.63, 3.8) is 0 Å². The van der Waals surface area contributed by atoms with Gasteiger partial charge < -0.3 is 14.2 Å². The van der Waals surface area contributed by atoms with E-state index in [4.69, 9.17) is 37.4 Å². The van der Waals surface area contributed by atoms with Gasteiger partial charge in [-0.05, 0) is 17.7 Å². The summed E-state index contributed by atoms with van der Waals surface area (Å²) in [5.74, 6) is 0.869. The molecule has 1 fully saturated rings. The zero-order valence-corrected chi connectivity index (χ0v) is 11.3. The van der Waals surface area contributed by atoms with Gasteiger partial charge in [0.05, 0.1) is 31.8 Å². The van der Waals surface area contributed by atoms with Crippen molar-refractivity contribution < 1.29 is 14.2 Å². The molecule has 5 heteroatoms. The summed E-state index contributed by atoms with van der Waals surface area (Å²) in [7, 11) is 0. The Morgan fingerprint density at radius 3 is 2.89 bits per heavy atom. The zero-order chi connectivity index (χ0) is 12.5. The summed E-state index contributed by atoms with van der Waals surface area (Å²) in [6, 6.07) is 3.80. The van der Waals surface area contributed by atoms with Crippen LogP contribution >= 0.6 is 23.2 Å². The van der Waals surface area contributed by atoms with Crippen LogP contribution in [0.5, 0.6) is 5.75 Å². The van der Waals surface area contributed by atoms with Gasteiger partial charge in [0.15, 0.2) is 0 Å². The Balaban J connectivity index is 1.91. The van der Waals surface area contributed by atoms with Crippen LogP contribution in [0.1, 0.15) is 16.5 Å². The molecule has 0 saturated carbocycles. The number of ether oxygens (including phenoxy) is 3. The summed E-state index contributed by atoms with van der Waals surface area (Å²) in [4.78, 5) is 0. The van der Waals surface area contributed by atoms with E-state index in [1.54, 1.807) is 0 Å². The second-order valence-corrected chi connectivity index (χ2v) is 5.37. The van der Waals surface area contributed by atoms with Crippen molar-refractivity contribution in [2.24, 2.45) is 0 Å². The van der Waals surface area contributed by atoms with Gasteiger partial charge in [-0.3, -0.25) is 0 Å². The molecule has 0 radical (unpaired) electrons. The van der Waals surface area contributed by atoms with Crippen molar-refractivity contribution in [3.05, 3.63) is 28.3 Å². The van der Waals surface area contributed by atoms with Gasteiger partial charge in [0.1, 0.15) is 11.9 Å². The van der Waals surface area contributed by atoms with Crippen LogP contribution < -0.4 is 4.74 Å². The molecule has 2 aliphatic heterocycles. The molecule has 18 heavy (non-hydrogen) atoms. The molecule has 1 aromatic rings. The largest absolute Gasteiger partial charge is 0.493 e. The van der Waals surface area contributed by atoms with Crippen LogP contribution in [0.4, 0.5) is 0 Å². The lowest BCUT2D eigenvalue weighted by Gasteiger charge is -2.27. The molecule has 2 aliphatic rings. The molecule has 3 rings (SSSR count). The minimum atomic E-state index is -0.296. The number of fused-ring (bicyclic) bond motifs is 1. The average molecular weight is 289 g/mol. The second kappa shape index (κ2) is 5.25. The Morgan fingerprint density at radius 1 is 1.22 bits per heavy atom. The third-order valence-corrected chi connectivity index (χ3v) is 3.98. The molecule has 1 aromatic carbocycles. The van der Waals surface area contributed by atoms with Crippen molar-refractivity contribution in [3.8, 4) is 5.75 Å². The number of rotatable bonds is 2. The highest BCUT2D eigenvalue weighted by molar-refractivity contribution is 6.31. The normalized spacial score (nSPS) is 24.4. The first-order valence-corrected chi connectivity index (χ1v) is 6.85. The van der Waals surface area contributed by atoms with Crippen LogP contribution in [0, 0.1) is 0 Å². The van der Waals surface area contributed by atoms with Crippen molar-refractivity contribution >= 4 is 23.2 Å². The summed E-state index contributed by atoms with van der Waals surface area (Å²) in [6.45, 7) is 2.41. The molecule has 0 N–H and O–H groups in total. The van der Waals surface area contributed by atoms with Crippen LogP contribution in [-0.4, -0.2) is 32.5 Å². The fourth-order valence-corrected chi connectivity index (χ4v) is 2.93. The van der Waals surface area contributed by atoms with Crippen molar-refractivity contribution in [1.82, 2.24) is 0 Å². The zero-order valence-electron chi connectivity index (χ0n) is 9.83. The van der Waals surface area contributed by atoms with E-state index < -0.39 is 0 Å². The maximum atomic E-state index is 6.50. The van der Waals surface area contributed by atoms with Crippen molar-refractivity contribution in [2.75, 3.05) is 26.4 Å². The van der Waals surface area contributed by atoms with Gasteiger partial charge in [0.2, 0.25) is 0 Å². The van der Waals surface area contributed by atoms with Gasteiger partial charge in [-0.1, -0.05) is 11.6 Å². The number of halogens is 2. The first-order chi connectivity index (χ1) is 8.75. The van der Waals surface area contributed by atoms with Gasteiger partial charge in [0, 0.05) is 17.0 Å². The van der Waals surface area contributed by atoms with E-state index in [0.717, 1.165) is 23.3 Å². The standard InChI is InChI=1S/C13H14Cl2O3/c14-9-5-8-1-2-18-13(8)10(6-9)12(15)11-7-16-3-4-17-11/h5-6,11-12H,1-4,7H2. The number of alkyl halides is 1. The summed E-state index contributed by atoms with van der Waals surface area (Å²) in [5.41, 5.74) is 2.03. The molecule has 0 aromatic heterocycles. The molecule has 0 bridgehead atoms. The van der Waals surface area contributed by atoms with Crippen LogP contribution in [0.3, 0.4) is 0 Å². The summed E-state index contributed by atoms with van der Waals surface area (Å²) >= 11 is 12.6. The van der Waals surface area contributed by atoms with Crippen molar-refractivity contribution in [1.29, 1.82) is 0 Å². The molecule has 2 atom stereocenters. The smallest absolute Gasteiger partial charge is 0.127 e. The highest BCUT2D eigenvalue weighted by Gasteiger charge is 2.30. The maximum Gasteiger partial charge on any atom is 0.127 e. The van der Waals surface area contributed by atoms with Crippen molar-refractivity contribution in [2.45, 2.75) is 17.9 Å². The summed E-state index contributed by atoms with van der Waals surface area (Å²) in [5, 5.41) is 0.396. The Labute approximate surface area is 116 Å². The first kappa shape index (κ1) is 12.5. The third kappa shape index (κ3) is 2.32. The minimum Gasteiger partial charge on any atom is -0.493 e. The first-order valence-electron chi connectivity index (χ1n) is 6.04. The van der Waals surface area contributed by atoms with Gasteiger partial charge >= 0.3 is 0 Å². The molecule has 0 spiro atoms. The van der Waals surface area contributed by atoms with Crippen LogP contribution in [0.25, 0.3) is 0 Å². The van der Waals surface area contributed by atoms with Crippen LogP contribution in [-0.2, 0) is 15.9 Å². The Kier molecular flexibility index (Phi) is 3.66. The number of hydrogen-bond acceptors (Lipinski definition) is 3. The molecule has 0 aliphatic carbocycles. The van der Waals surface area contributed by atoms with E-state index >= 15 is 0 Å². The van der Waals surface area contributed by atoms with E-state index in [0.29, 0.717) is 31.5 Å². The predicted molar refractivity (Wildman–Crippen MR) is 69.8 cm³/mol. The molecular formula is C13H14Cl2O3. The number of benzene rings is 1. The van der Waals surface area contributed by atoms with Gasteiger partial charge in [-0.2, -0.15) is 0 Å². The van der Waals surface area contributed by atoms with Crippen LogP contribution in [0.2, 0.25) is 5.02 Å². The molecule has 3 nitrogen and oxygen atoms in total. The Bertz CT molecular complexity index is 444. The lowest BCUT2D eigenvalue weighted by molar-refractivity contribution is -0.0893. The lowest BCUT2D eigenvalue weighted by Crippen LogP contribution is -2.32. The van der Waals surface area contributed by atoms with Gasteiger partial charge in [-0.25, -0.2) is 0 Å². The topological polar surface area (TPSA) is 27.7 Å². The van der Waals surface area contributed by atoms with Gasteiger partial charge in [0.25, 0.3) is 0 Å². The van der Waals surface area contributed by atoms with Crippen LogP contribution in [0.15, 0.2) is 12.1 Å². The fraction of sp³-hybridized carbons (Fsp3) is 0.538. The van der Waals surface area contributed by atoms with E-state index in [2.05, 4.69) is 0 Å². The van der Waals surface area contributed by atoms with E-state index in [9.17, 15) is 0 Å². The minimum absolute atomic E-state index is 0.146. The molecule has 1 saturated heterocycles. The average Bonchev–Trinajstić information content (AvgIpc) is 2.86. The maximum absolute atomic E-state index is 6.50. The lowest BCUT2D eigenvalue weighted by atomic mass is 10.0. The molecule has 98 valence electrons. The molecular weight excluding hydrogens is 275 g/mol. The van der Waals surface area contributed by atoms with E-state index in [-0.39, 0.29) is 11.5 Å². The SMILES string of the molecule is Clc1cc2c(c(C(Cl)C3COCCO3)c1)OCC2.